The molecule has 0 fully saturated rings. The molecular formula is C23H18F2O5. The van der Waals surface area contributed by atoms with E-state index in [0.717, 1.165) is 5.56 Å². The molecule has 0 amide bonds. The molecule has 0 aliphatic carbocycles. The van der Waals surface area contributed by atoms with Crippen LogP contribution in [0.2, 0.25) is 0 Å². The van der Waals surface area contributed by atoms with E-state index in [9.17, 15) is 13.6 Å². The average molecular weight is 412 g/mol. The minimum absolute atomic E-state index is 0.0521. The molecule has 0 aromatic heterocycles. The third kappa shape index (κ3) is 4.58. The molecule has 1 heterocycles. The van der Waals surface area contributed by atoms with E-state index in [0.29, 0.717) is 16.9 Å². The first-order chi connectivity index (χ1) is 14.6. The molecular weight excluding hydrogens is 394 g/mol. The summed E-state index contributed by atoms with van der Waals surface area (Å²) >= 11 is 0. The average Bonchev–Trinajstić information content (AvgIpc) is 2.77. The predicted molar refractivity (Wildman–Crippen MR) is 103 cm³/mol. The van der Waals surface area contributed by atoms with Crippen LogP contribution in [-0.2, 0) is 27.5 Å². The van der Waals surface area contributed by atoms with Gasteiger partial charge in [0.25, 0.3) is 0 Å². The Hall–Kier alpha value is -3.45. The maximum atomic E-state index is 14.0. The number of rotatable bonds is 6. The van der Waals surface area contributed by atoms with Gasteiger partial charge in [0, 0.05) is 16.7 Å². The predicted octanol–water partition coefficient (Wildman–Crippen LogP) is 4.69. The molecule has 1 aliphatic rings. The molecule has 0 saturated heterocycles. The second-order valence-corrected chi connectivity index (χ2v) is 6.60. The van der Waals surface area contributed by atoms with E-state index in [-0.39, 0.29) is 19.0 Å². The van der Waals surface area contributed by atoms with E-state index >= 15 is 0 Å². The van der Waals surface area contributed by atoms with Crippen molar-refractivity contribution in [1.82, 2.24) is 0 Å². The summed E-state index contributed by atoms with van der Waals surface area (Å²) in [5.74, 6) is -1.43. The van der Waals surface area contributed by atoms with Crippen molar-refractivity contribution in [2.24, 2.45) is 0 Å². The van der Waals surface area contributed by atoms with Gasteiger partial charge in [-0.05, 0) is 24.3 Å². The number of hydrogen-bond donors (Lipinski definition) is 0. The van der Waals surface area contributed by atoms with Crippen LogP contribution in [0.15, 0.2) is 66.7 Å². The zero-order valence-corrected chi connectivity index (χ0v) is 15.8. The van der Waals surface area contributed by atoms with Crippen LogP contribution in [-0.4, -0.2) is 12.6 Å². The largest absolute Gasteiger partial charge is 0.479 e. The van der Waals surface area contributed by atoms with Crippen LogP contribution >= 0.6 is 0 Å². The fraction of sp³-hybridized carbons (Fsp3) is 0.174. The molecule has 0 spiro atoms. The number of halogens is 2. The maximum Gasteiger partial charge on any atom is 0.344 e. The number of hydrogen-bond acceptors (Lipinski definition) is 5. The van der Waals surface area contributed by atoms with Gasteiger partial charge in [-0.1, -0.05) is 42.5 Å². The van der Waals surface area contributed by atoms with Crippen molar-refractivity contribution in [3.05, 3.63) is 95.1 Å². The minimum atomic E-state index is -0.720. The van der Waals surface area contributed by atoms with Crippen molar-refractivity contribution in [3.8, 4) is 11.5 Å². The van der Waals surface area contributed by atoms with Gasteiger partial charge in [-0.25, -0.2) is 13.6 Å². The zero-order chi connectivity index (χ0) is 20.9. The highest BCUT2D eigenvalue weighted by Crippen LogP contribution is 2.36. The highest BCUT2D eigenvalue weighted by atomic mass is 19.1. The Kier molecular flexibility index (Phi) is 5.90. The van der Waals surface area contributed by atoms with Gasteiger partial charge in [-0.15, -0.1) is 0 Å². The third-order valence-corrected chi connectivity index (χ3v) is 4.47. The minimum Gasteiger partial charge on any atom is -0.479 e. The fourth-order valence-corrected chi connectivity index (χ4v) is 3.06. The lowest BCUT2D eigenvalue weighted by atomic mass is 10.1. The highest BCUT2D eigenvalue weighted by molar-refractivity contribution is 5.71. The second kappa shape index (κ2) is 8.92. The van der Waals surface area contributed by atoms with Crippen molar-refractivity contribution in [2.75, 3.05) is 6.61 Å². The van der Waals surface area contributed by atoms with Crippen molar-refractivity contribution < 1.29 is 32.5 Å². The molecule has 30 heavy (non-hydrogen) atoms. The zero-order valence-electron chi connectivity index (χ0n) is 15.8. The monoisotopic (exact) mass is 412 g/mol. The lowest BCUT2D eigenvalue weighted by Gasteiger charge is -2.28. The molecule has 3 aromatic carbocycles. The first-order valence-electron chi connectivity index (χ1n) is 9.27. The van der Waals surface area contributed by atoms with Crippen LogP contribution in [0, 0.1) is 11.6 Å². The van der Waals surface area contributed by atoms with Gasteiger partial charge < -0.3 is 18.9 Å². The first-order valence-corrected chi connectivity index (χ1v) is 9.27. The number of carbonyl (C=O) groups excluding carboxylic acids is 1. The normalized spacial score (nSPS) is 15.1. The lowest BCUT2D eigenvalue weighted by Crippen LogP contribution is -2.20. The summed E-state index contributed by atoms with van der Waals surface area (Å²) < 4.78 is 49.4. The summed E-state index contributed by atoms with van der Waals surface area (Å²) in [5.41, 5.74) is 1.71. The number of fused-ring (bicyclic) bond motifs is 1. The Morgan fingerprint density at radius 2 is 1.80 bits per heavy atom. The first kappa shape index (κ1) is 19.8. The van der Waals surface area contributed by atoms with Crippen LogP contribution in [0.25, 0.3) is 0 Å². The van der Waals surface area contributed by atoms with Crippen LogP contribution in [0.4, 0.5) is 8.78 Å². The molecule has 0 unspecified atom stereocenters. The molecule has 7 heteroatoms. The van der Waals surface area contributed by atoms with Crippen molar-refractivity contribution in [1.29, 1.82) is 0 Å². The smallest absolute Gasteiger partial charge is 0.344 e. The topological polar surface area (TPSA) is 54.0 Å². The maximum absolute atomic E-state index is 14.0. The molecule has 1 atom stereocenters. The van der Waals surface area contributed by atoms with Gasteiger partial charge in [0.15, 0.2) is 18.2 Å². The number of esters is 1. The Morgan fingerprint density at radius 1 is 1.03 bits per heavy atom. The SMILES string of the molecule is O=C(COc1ccccc1F)OCc1cc(F)cc2c1O[C@H](c1ccccc1)OC2. The van der Waals surface area contributed by atoms with E-state index in [4.69, 9.17) is 18.9 Å². The quantitative estimate of drug-likeness (QED) is 0.550. The number of para-hydroxylation sites is 1. The lowest BCUT2D eigenvalue weighted by molar-refractivity contribution is -0.147. The molecule has 0 radical (unpaired) electrons. The summed E-state index contributed by atoms with van der Waals surface area (Å²) in [4.78, 5) is 12.0. The standard InChI is InChI=1S/C23H18F2O5/c24-18-10-16(12-28-21(26)14-27-20-9-5-4-8-19(20)25)22-17(11-18)13-29-23(30-22)15-6-2-1-3-7-15/h1-11,23H,12-14H2/t23-/m1/s1. The summed E-state index contributed by atoms with van der Waals surface area (Å²) in [5, 5.41) is 0. The van der Waals surface area contributed by atoms with Crippen LogP contribution in [0.3, 0.4) is 0 Å². The van der Waals surface area contributed by atoms with Gasteiger partial charge >= 0.3 is 5.97 Å². The number of carbonyl (C=O) groups is 1. The van der Waals surface area contributed by atoms with Gasteiger partial charge in [0.1, 0.15) is 18.2 Å². The van der Waals surface area contributed by atoms with Crippen molar-refractivity contribution in [2.45, 2.75) is 19.5 Å². The van der Waals surface area contributed by atoms with E-state index < -0.39 is 30.5 Å². The van der Waals surface area contributed by atoms with E-state index in [2.05, 4.69) is 0 Å². The van der Waals surface area contributed by atoms with Crippen LogP contribution in [0.1, 0.15) is 23.0 Å². The Bertz CT molecular complexity index is 1040. The third-order valence-electron chi connectivity index (χ3n) is 4.47. The summed E-state index contributed by atoms with van der Waals surface area (Å²) in [7, 11) is 0. The Balaban J connectivity index is 1.43. The second-order valence-electron chi connectivity index (χ2n) is 6.60. The number of ether oxygens (including phenoxy) is 4. The van der Waals surface area contributed by atoms with Crippen molar-refractivity contribution >= 4 is 5.97 Å². The van der Waals surface area contributed by atoms with E-state index in [1.165, 1.54) is 30.3 Å². The molecule has 154 valence electrons. The number of benzene rings is 3. The fourth-order valence-electron chi connectivity index (χ4n) is 3.06. The van der Waals surface area contributed by atoms with Gasteiger partial charge in [0.05, 0.1) is 6.61 Å². The van der Waals surface area contributed by atoms with Crippen molar-refractivity contribution in [3.63, 3.8) is 0 Å². The Labute approximate surface area is 171 Å². The summed E-state index contributed by atoms with van der Waals surface area (Å²) in [6.45, 7) is -0.542. The molecule has 0 saturated carbocycles. The summed E-state index contributed by atoms with van der Waals surface area (Å²) in [6, 6.07) is 17.6. The van der Waals surface area contributed by atoms with Gasteiger partial charge in [-0.3, -0.25) is 0 Å². The van der Waals surface area contributed by atoms with Crippen LogP contribution < -0.4 is 9.47 Å². The highest BCUT2D eigenvalue weighted by Gasteiger charge is 2.25. The molecule has 0 N–H and O–H groups in total. The van der Waals surface area contributed by atoms with E-state index in [1.807, 2.05) is 30.3 Å². The van der Waals surface area contributed by atoms with Gasteiger partial charge in [-0.2, -0.15) is 0 Å². The van der Waals surface area contributed by atoms with Gasteiger partial charge in [0.2, 0.25) is 6.29 Å². The molecule has 4 rings (SSSR count). The van der Waals surface area contributed by atoms with Crippen LogP contribution in [0.5, 0.6) is 11.5 Å². The molecule has 5 nitrogen and oxygen atoms in total. The van der Waals surface area contributed by atoms with E-state index in [1.54, 1.807) is 6.07 Å². The molecule has 0 bridgehead atoms. The molecule has 1 aliphatic heterocycles. The summed E-state index contributed by atoms with van der Waals surface area (Å²) in [6.07, 6.45) is -0.650. The Morgan fingerprint density at radius 3 is 2.60 bits per heavy atom. The molecule has 3 aromatic rings.